The van der Waals surface area contributed by atoms with E-state index in [9.17, 15) is 29.3 Å². The lowest BCUT2D eigenvalue weighted by Crippen LogP contribution is -2.29. The van der Waals surface area contributed by atoms with Crippen LogP contribution in [0.4, 0.5) is 11.4 Å². The van der Waals surface area contributed by atoms with E-state index in [1.54, 1.807) is 12.1 Å². The van der Waals surface area contributed by atoms with Crippen LogP contribution >= 0.6 is 0 Å². The Kier molecular flexibility index (Phi) is 5.57. The van der Waals surface area contributed by atoms with Crippen LogP contribution in [-0.4, -0.2) is 35.1 Å². The Hall–Kier alpha value is -5.18. The number of hydrogen-bond donors (Lipinski definition) is 0. The Morgan fingerprint density at radius 2 is 1.53 bits per heavy atom. The first kappa shape index (κ1) is 22.6. The molecule has 0 aliphatic carbocycles. The maximum absolute atomic E-state index is 13.2. The van der Waals surface area contributed by atoms with Gasteiger partial charge in [0.15, 0.2) is 6.61 Å². The van der Waals surface area contributed by atoms with Crippen LogP contribution in [0.15, 0.2) is 84.9 Å². The first-order valence-corrected chi connectivity index (χ1v) is 10.8. The number of esters is 1. The van der Waals surface area contributed by atoms with Gasteiger partial charge < -0.3 is 4.74 Å². The fourth-order valence-corrected chi connectivity index (χ4v) is 4.08. The molecule has 4 aromatic rings. The third kappa shape index (κ3) is 3.88. The number of benzene rings is 4. The van der Waals surface area contributed by atoms with Crippen molar-refractivity contribution in [2.24, 2.45) is 0 Å². The summed E-state index contributed by atoms with van der Waals surface area (Å²) in [7, 11) is 0. The summed E-state index contributed by atoms with van der Waals surface area (Å²) in [5, 5.41) is 12.5. The van der Waals surface area contributed by atoms with E-state index in [1.165, 1.54) is 36.4 Å². The van der Waals surface area contributed by atoms with Gasteiger partial charge in [0.05, 0.1) is 27.3 Å². The van der Waals surface area contributed by atoms with E-state index in [-0.39, 0.29) is 27.9 Å². The number of nitro benzene ring substituents is 1. The van der Waals surface area contributed by atoms with Gasteiger partial charge in [0.25, 0.3) is 17.5 Å². The molecule has 0 atom stereocenters. The molecule has 9 heteroatoms. The van der Waals surface area contributed by atoms with Crippen molar-refractivity contribution in [3.63, 3.8) is 0 Å². The number of carbonyl (C=O) groups excluding carboxylic acids is 4. The Labute approximate surface area is 203 Å². The van der Waals surface area contributed by atoms with Gasteiger partial charge in [0.1, 0.15) is 0 Å². The minimum atomic E-state index is -0.875. The van der Waals surface area contributed by atoms with Gasteiger partial charge >= 0.3 is 5.97 Å². The normalized spacial score (nSPS) is 12.5. The summed E-state index contributed by atoms with van der Waals surface area (Å²) in [6.07, 6.45) is 0. The standard InChI is InChI=1S/C27H16N2O7/c30-24(17-7-3-8-19(13-17)29(34)35)15-36-27(33)18-11-12-21-22(14-18)26(32)28(25(21)31)23-10-4-6-16-5-1-2-9-20(16)23/h1-14H,15H2. The van der Waals surface area contributed by atoms with E-state index in [0.29, 0.717) is 5.69 Å². The number of imide groups is 1. The van der Waals surface area contributed by atoms with Gasteiger partial charge in [-0.25, -0.2) is 9.69 Å². The Morgan fingerprint density at radius 3 is 2.33 bits per heavy atom. The number of Topliss-reactive ketones (excluding diaryl/α,β-unsaturated/α-hetero) is 1. The molecule has 0 spiro atoms. The maximum Gasteiger partial charge on any atom is 0.338 e. The summed E-state index contributed by atoms with van der Waals surface area (Å²) < 4.78 is 5.07. The van der Waals surface area contributed by atoms with Crippen LogP contribution in [0.1, 0.15) is 41.4 Å². The van der Waals surface area contributed by atoms with Crippen molar-refractivity contribution in [2.75, 3.05) is 11.5 Å². The van der Waals surface area contributed by atoms with Crippen molar-refractivity contribution in [1.82, 2.24) is 0 Å². The number of amides is 2. The highest BCUT2D eigenvalue weighted by Crippen LogP contribution is 2.34. The van der Waals surface area contributed by atoms with Gasteiger partial charge in [0, 0.05) is 23.1 Å². The molecule has 0 saturated heterocycles. The average molecular weight is 480 g/mol. The molecule has 0 aromatic heterocycles. The molecule has 5 rings (SSSR count). The topological polar surface area (TPSA) is 124 Å². The van der Waals surface area contributed by atoms with Crippen LogP contribution in [-0.2, 0) is 4.74 Å². The molecule has 0 fully saturated rings. The highest BCUT2D eigenvalue weighted by atomic mass is 16.6. The summed E-state index contributed by atoms with van der Waals surface area (Å²) in [5.74, 6) is -2.58. The van der Waals surface area contributed by atoms with Crippen molar-refractivity contribution >= 4 is 45.7 Å². The zero-order chi connectivity index (χ0) is 25.4. The van der Waals surface area contributed by atoms with Crippen LogP contribution in [0.3, 0.4) is 0 Å². The van der Waals surface area contributed by atoms with Crippen molar-refractivity contribution < 1.29 is 28.8 Å². The quantitative estimate of drug-likeness (QED) is 0.130. The van der Waals surface area contributed by atoms with E-state index in [2.05, 4.69) is 0 Å². The van der Waals surface area contributed by atoms with Gasteiger partial charge in [-0.1, -0.05) is 48.5 Å². The smallest absolute Gasteiger partial charge is 0.338 e. The molecule has 176 valence electrons. The lowest BCUT2D eigenvalue weighted by molar-refractivity contribution is -0.384. The third-order valence-corrected chi connectivity index (χ3v) is 5.84. The molecule has 1 aliphatic heterocycles. The first-order valence-electron chi connectivity index (χ1n) is 10.8. The maximum atomic E-state index is 13.2. The number of rotatable bonds is 6. The highest BCUT2D eigenvalue weighted by molar-refractivity contribution is 6.36. The second kappa shape index (κ2) is 8.88. The molecule has 1 aliphatic rings. The van der Waals surface area contributed by atoms with Gasteiger partial charge in [-0.05, 0) is 29.7 Å². The number of carbonyl (C=O) groups is 4. The van der Waals surface area contributed by atoms with Crippen molar-refractivity contribution in [2.45, 2.75) is 0 Å². The number of nitro groups is 1. The van der Waals surface area contributed by atoms with Gasteiger partial charge in [0.2, 0.25) is 5.78 Å². The summed E-state index contributed by atoms with van der Waals surface area (Å²) in [6, 6.07) is 21.7. The predicted octanol–water partition coefficient (Wildman–Crippen LogP) is 4.59. The number of nitrogens with zero attached hydrogens (tertiary/aromatic N) is 2. The van der Waals surface area contributed by atoms with Crippen molar-refractivity contribution in [1.29, 1.82) is 0 Å². The minimum absolute atomic E-state index is 0.0125. The second-order valence-corrected chi connectivity index (χ2v) is 8.01. The lowest BCUT2D eigenvalue weighted by atomic mass is 10.1. The molecule has 0 N–H and O–H groups in total. The Balaban J connectivity index is 1.36. The van der Waals surface area contributed by atoms with E-state index in [0.717, 1.165) is 21.7 Å². The largest absolute Gasteiger partial charge is 0.454 e. The van der Waals surface area contributed by atoms with Crippen LogP contribution in [0.25, 0.3) is 10.8 Å². The molecular weight excluding hydrogens is 464 g/mol. The second-order valence-electron chi connectivity index (χ2n) is 8.01. The van der Waals surface area contributed by atoms with E-state index >= 15 is 0 Å². The Morgan fingerprint density at radius 1 is 0.806 bits per heavy atom. The number of ketones is 1. The summed E-state index contributed by atoms with van der Waals surface area (Å²) in [5.41, 5.74) is 0.388. The van der Waals surface area contributed by atoms with Gasteiger partial charge in [-0.3, -0.25) is 24.5 Å². The molecular formula is C27H16N2O7. The molecule has 1 heterocycles. The van der Waals surface area contributed by atoms with Gasteiger partial charge in [-0.2, -0.15) is 0 Å². The van der Waals surface area contributed by atoms with Crippen LogP contribution < -0.4 is 4.90 Å². The SMILES string of the molecule is O=C(COC(=O)c1ccc2c(c1)C(=O)N(c1cccc3ccccc13)C2=O)c1cccc([N+](=O)[O-])c1. The molecule has 9 nitrogen and oxygen atoms in total. The van der Waals surface area contributed by atoms with Gasteiger partial charge in [-0.15, -0.1) is 0 Å². The number of ether oxygens (including phenoxy) is 1. The summed E-state index contributed by atoms with van der Waals surface area (Å²) in [4.78, 5) is 62.5. The molecule has 0 unspecified atom stereocenters. The number of non-ortho nitro benzene ring substituents is 1. The lowest BCUT2D eigenvalue weighted by Gasteiger charge is -2.16. The zero-order valence-electron chi connectivity index (χ0n) is 18.5. The van der Waals surface area contributed by atoms with Crippen molar-refractivity contribution in [3.8, 4) is 0 Å². The summed E-state index contributed by atoms with van der Waals surface area (Å²) >= 11 is 0. The predicted molar refractivity (Wildman–Crippen MR) is 129 cm³/mol. The molecule has 4 aromatic carbocycles. The molecule has 0 bridgehead atoms. The van der Waals surface area contributed by atoms with E-state index in [1.807, 2.05) is 30.3 Å². The minimum Gasteiger partial charge on any atom is -0.454 e. The van der Waals surface area contributed by atoms with Crippen LogP contribution in [0, 0.1) is 10.1 Å². The molecule has 0 radical (unpaired) electrons. The molecule has 0 saturated carbocycles. The molecule has 36 heavy (non-hydrogen) atoms. The number of anilines is 1. The molecule has 2 amide bonds. The van der Waals surface area contributed by atoms with Crippen LogP contribution in [0.2, 0.25) is 0 Å². The van der Waals surface area contributed by atoms with Crippen molar-refractivity contribution in [3.05, 3.63) is 117 Å². The third-order valence-electron chi connectivity index (χ3n) is 5.84. The van der Waals surface area contributed by atoms with Crippen LogP contribution in [0.5, 0.6) is 0 Å². The fourth-order valence-electron chi connectivity index (χ4n) is 4.08. The summed E-state index contributed by atoms with van der Waals surface area (Å²) in [6.45, 7) is -0.647. The van der Waals surface area contributed by atoms with E-state index < -0.39 is 35.1 Å². The fraction of sp³-hybridized carbons (Fsp3) is 0.0370. The Bertz CT molecular complexity index is 1600. The average Bonchev–Trinajstić information content (AvgIpc) is 3.15. The zero-order valence-corrected chi connectivity index (χ0v) is 18.5. The monoisotopic (exact) mass is 480 g/mol. The number of fused-ring (bicyclic) bond motifs is 2. The highest BCUT2D eigenvalue weighted by Gasteiger charge is 2.38. The van der Waals surface area contributed by atoms with E-state index in [4.69, 9.17) is 4.74 Å². The number of hydrogen-bond acceptors (Lipinski definition) is 7. The first-order chi connectivity index (χ1) is 17.3.